The number of ether oxygens (including phenoxy) is 2. The fourth-order valence-electron chi connectivity index (χ4n) is 3.29. The van der Waals surface area contributed by atoms with Gasteiger partial charge in [0.25, 0.3) is 5.91 Å². The summed E-state index contributed by atoms with van der Waals surface area (Å²) in [6, 6.07) is 17.0. The van der Waals surface area contributed by atoms with Gasteiger partial charge in [0.1, 0.15) is 11.5 Å². The minimum atomic E-state index is -0.185. The number of benzene rings is 2. The van der Waals surface area contributed by atoms with Crippen molar-refractivity contribution in [2.24, 2.45) is 0 Å². The number of rotatable bonds is 7. The maximum Gasteiger partial charge on any atom is 0.267 e. The lowest BCUT2D eigenvalue weighted by Crippen LogP contribution is -2.34. The molecule has 0 aliphatic heterocycles. The van der Waals surface area contributed by atoms with E-state index in [1.807, 2.05) is 25.1 Å². The third kappa shape index (κ3) is 4.83. The second-order valence-corrected chi connectivity index (χ2v) is 8.20. The smallest absolute Gasteiger partial charge is 0.267 e. The minimum Gasteiger partial charge on any atom is -0.497 e. The van der Waals surface area contributed by atoms with E-state index in [2.05, 4.69) is 24.0 Å². The Morgan fingerprint density at radius 1 is 1.06 bits per heavy atom. The third-order valence-corrected chi connectivity index (χ3v) is 5.84. The molecule has 2 heterocycles. The van der Waals surface area contributed by atoms with Crippen molar-refractivity contribution in [2.45, 2.75) is 20.4 Å². The van der Waals surface area contributed by atoms with Gasteiger partial charge in [0.2, 0.25) is 0 Å². The van der Waals surface area contributed by atoms with E-state index in [0.29, 0.717) is 17.4 Å². The number of nitrogens with zero attached hydrogens (tertiary/aromatic N) is 3. The zero-order chi connectivity index (χ0) is 21.8. The van der Waals surface area contributed by atoms with Crippen LogP contribution in [0.15, 0.2) is 60.8 Å². The van der Waals surface area contributed by atoms with Gasteiger partial charge in [-0.1, -0.05) is 23.5 Å². The molecule has 158 valence electrons. The summed E-state index contributed by atoms with van der Waals surface area (Å²) in [6.07, 6.45) is 1.72. The average Bonchev–Trinajstić information content (AvgIpc) is 3.21. The van der Waals surface area contributed by atoms with Crippen molar-refractivity contribution >= 4 is 32.6 Å². The Kier molecular flexibility index (Phi) is 6.13. The lowest BCUT2D eigenvalue weighted by Gasteiger charge is -2.19. The largest absolute Gasteiger partial charge is 0.497 e. The van der Waals surface area contributed by atoms with E-state index in [4.69, 9.17) is 14.5 Å². The van der Waals surface area contributed by atoms with Gasteiger partial charge in [0, 0.05) is 6.20 Å². The Bertz CT molecular complexity index is 1190. The fraction of sp³-hybridized carbons (Fsp3) is 0.208. The molecule has 0 N–H and O–H groups in total. The van der Waals surface area contributed by atoms with Crippen molar-refractivity contribution < 1.29 is 14.3 Å². The first-order valence-electron chi connectivity index (χ1n) is 9.88. The minimum absolute atomic E-state index is 0.104. The molecule has 31 heavy (non-hydrogen) atoms. The molecule has 0 aliphatic rings. The van der Waals surface area contributed by atoms with Gasteiger partial charge in [-0.15, -0.1) is 0 Å². The Hall–Kier alpha value is -3.45. The molecule has 4 aromatic rings. The molecular weight excluding hydrogens is 410 g/mol. The highest BCUT2D eigenvalue weighted by Crippen LogP contribution is 2.32. The number of methoxy groups -OCH3 is 1. The van der Waals surface area contributed by atoms with E-state index in [9.17, 15) is 4.79 Å². The number of carbonyl (C=O) groups is 1. The maximum absolute atomic E-state index is 13.2. The summed E-state index contributed by atoms with van der Waals surface area (Å²) in [5, 5.41) is 0.637. The first kappa shape index (κ1) is 20.8. The highest BCUT2D eigenvalue weighted by atomic mass is 32.1. The van der Waals surface area contributed by atoms with Crippen LogP contribution in [0, 0.1) is 13.8 Å². The van der Waals surface area contributed by atoms with E-state index in [1.165, 1.54) is 16.9 Å². The number of amides is 1. The number of aryl methyl sites for hydroxylation is 2. The topological polar surface area (TPSA) is 64.6 Å². The van der Waals surface area contributed by atoms with Crippen molar-refractivity contribution in [3.05, 3.63) is 77.6 Å². The standard InChI is InChI=1S/C24H23N3O3S/c1-16-12-17(2)23-21(13-16)31-24(26-23)27(14-18-6-4-5-11-25-18)22(28)15-30-20-9-7-19(29-3)8-10-20/h4-13H,14-15H2,1-3H3. The Labute approximate surface area is 185 Å². The highest BCUT2D eigenvalue weighted by Gasteiger charge is 2.22. The van der Waals surface area contributed by atoms with Gasteiger partial charge >= 0.3 is 0 Å². The summed E-state index contributed by atoms with van der Waals surface area (Å²) < 4.78 is 12.0. The van der Waals surface area contributed by atoms with Gasteiger partial charge in [-0.3, -0.25) is 14.7 Å². The lowest BCUT2D eigenvalue weighted by molar-refractivity contribution is -0.120. The summed E-state index contributed by atoms with van der Waals surface area (Å²) in [4.78, 5) is 24.0. The van der Waals surface area contributed by atoms with Crippen molar-refractivity contribution in [1.82, 2.24) is 9.97 Å². The summed E-state index contributed by atoms with van der Waals surface area (Å²) >= 11 is 1.50. The number of carbonyl (C=O) groups excluding carboxylic acids is 1. The Balaban J connectivity index is 1.60. The highest BCUT2D eigenvalue weighted by molar-refractivity contribution is 7.22. The zero-order valence-corrected chi connectivity index (χ0v) is 18.5. The molecule has 4 rings (SSSR count). The molecule has 0 unspecified atom stereocenters. The molecule has 0 aliphatic carbocycles. The number of fused-ring (bicyclic) bond motifs is 1. The predicted octanol–water partition coefficient (Wildman–Crippen LogP) is 4.93. The normalized spacial score (nSPS) is 10.8. The summed E-state index contributed by atoms with van der Waals surface area (Å²) in [7, 11) is 1.61. The second kappa shape index (κ2) is 9.14. The number of hydrogen-bond donors (Lipinski definition) is 0. The summed E-state index contributed by atoms with van der Waals surface area (Å²) in [5.74, 6) is 1.15. The molecule has 7 heteroatoms. The van der Waals surface area contributed by atoms with E-state index in [1.54, 1.807) is 42.5 Å². The summed E-state index contributed by atoms with van der Waals surface area (Å²) in [5.41, 5.74) is 3.97. The number of pyridine rings is 1. The molecule has 0 spiro atoms. The Morgan fingerprint density at radius 3 is 2.55 bits per heavy atom. The molecule has 0 atom stereocenters. The van der Waals surface area contributed by atoms with Gasteiger partial charge in [0.15, 0.2) is 11.7 Å². The Morgan fingerprint density at radius 2 is 1.84 bits per heavy atom. The van der Waals surface area contributed by atoms with E-state index in [-0.39, 0.29) is 12.5 Å². The number of anilines is 1. The van der Waals surface area contributed by atoms with Crippen molar-refractivity contribution in [3.8, 4) is 11.5 Å². The van der Waals surface area contributed by atoms with Gasteiger partial charge in [-0.2, -0.15) is 0 Å². The van der Waals surface area contributed by atoms with Crippen LogP contribution < -0.4 is 14.4 Å². The molecule has 0 fully saturated rings. The molecule has 6 nitrogen and oxygen atoms in total. The van der Waals surface area contributed by atoms with E-state index < -0.39 is 0 Å². The summed E-state index contributed by atoms with van der Waals surface area (Å²) in [6.45, 7) is 4.32. The zero-order valence-electron chi connectivity index (χ0n) is 17.7. The molecule has 0 saturated carbocycles. The predicted molar refractivity (Wildman–Crippen MR) is 123 cm³/mol. The number of aromatic nitrogens is 2. The van der Waals surface area contributed by atoms with Crippen LogP contribution in [0.1, 0.15) is 16.8 Å². The van der Waals surface area contributed by atoms with Crippen molar-refractivity contribution in [3.63, 3.8) is 0 Å². The lowest BCUT2D eigenvalue weighted by atomic mass is 10.1. The van der Waals surface area contributed by atoms with Crippen molar-refractivity contribution in [2.75, 3.05) is 18.6 Å². The van der Waals surface area contributed by atoms with Gasteiger partial charge < -0.3 is 9.47 Å². The van der Waals surface area contributed by atoms with Crippen LogP contribution in [0.5, 0.6) is 11.5 Å². The van der Waals surface area contributed by atoms with Crippen molar-refractivity contribution in [1.29, 1.82) is 0 Å². The van der Waals surface area contributed by atoms with Gasteiger partial charge in [-0.25, -0.2) is 4.98 Å². The number of thiazole rings is 1. The van der Waals surface area contributed by atoms with E-state index >= 15 is 0 Å². The second-order valence-electron chi connectivity index (χ2n) is 7.19. The SMILES string of the molecule is COc1ccc(OCC(=O)N(Cc2ccccn2)c2nc3c(C)cc(C)cc3s2)cc1. The van der Waals surface area contributed by atoms with Crippen LogP contribution in [0.4, 0.5) is 5.13 Å². The third-order valence-electron chi connectivity index (χ3n) is 4.82. The van der Waals surface area contributed by atoms with Crippen LogP contribution in [0.2, 0.25) is 0 Å². The van der Waals surface area contributed by atoms with E-state index in [0.717, 1.165) is 27.2 Å². The van der Waals surface area contributed by atoms with Crippen LogP contribution in [0.3, 0.4) is 0 Å². The van der Waals surface area contributed by atoms with Crippen LogP contribution >= 0.6 is 11.3 Å². The maximum atomic E-state index is 13.2. The molecule has 0 saturated heterocycles. The monoisotopic (exact) mass is 433 g/mol. The molecule has 1 amide bonds. The molecule has 2 aromatic carbocycles. The number of hydrogen-bond acceptors (Lipinski definition) is 6. The molecule has 2 aromatic heterocycles. The van der Waals surface area contributed by atoms with Crippen LogP contribution in [-0.2, 0) is 11.3 Å². The van der Waals surface area contributed by atoms with Crippen LogP contribution in [-0.4, -0.2) is 29.6 Å². The quantitative estimate of drug-likeness (QED) is 0.414. The van der Waals surface area contributed by atoms with Crippen LogP contribution in [0.25, 0.3) is 10.2 Å². The fourth-order valence-corrected chi connectivity index (χ4v) is 4.44. The average molecular weight is 434 g/mol. The first-order valence-corrected chi connectivity index (χ1v) is 10.7. The van der Waals surface area contributed by atoms with Gasteiger partial charge in [-0.05, 0) is 67.4 Å². The van der Waals surface area contributed by atoms with Gasteiger partial charge in [0.05, 0.1) is 29.6 Å². The first-order chi connectivity index (χ1) is 15.0. The molecule has 0 bridgehead atoms. The molecular formula is C24H23N3O3S. The molecule has 0 radical (unpaired) electrons.